The quantitative estimate of drug-likeness (QED) is 0.891. The second-order valence-electron chi connectivity index (χ2n) is 5.10. The number of rotatable bonds is 6. The van der Waals surface area contributed by atoms with Crippen LogP contribution >= 0.6 is 0 Å². The maximum absolute atomic E-state index is 12.6. The van der Waals surface area contributed by atoms with Crippen LogP contribution in [-0.4, -0.2) is 36.5 Å². The van der Waals surface area contributed by atoms with Gasteiger partial charge in [0.25, 0.3) is 0 Å². The number of hydrogen-bond acceptors (Lipinski definition) is 4. The van der Waals surface area contributed by atoms with E-state index in [9.17, 15) is 4.79 Å². The predicted molar refractivity (Wildman–Crippen MR) is 86.9 cm³/mol. The third-order valence-corrected chi connectivity index (χ3v) is 3.20. The molecule has 1 heterocycles. The normalized spacial score (nSPS) is 12.0. The fourth-order valence-electron chi connectivity index (χ4n) is 2.23. The van der Waals surface area contributed by atoms with Crippen LogP contribution in [0, 0.1) is 0 Å². The molecule has 116 valence electrons. The summed E-state index contributed by atoms with van der Waals surface area (Å²) < 4.78 is 5.39. The van der Waals surface area contributed by atoms with E-state index >= 15 is 0 Å². The number of benzene rings is 1. The molecule has 0 saturated heterocycles. The highest BCUT2D eigenvalue weighted by Gasteiger charge is 2.23. The summed E-state index contributed by atoms with van der Waals surface area (Å²) in [5.41, 5.74) is 1.60. The number of aromatic nitrogens is 1. The molecule has 0 spiro atoms. The summed E-state index contributed by atoms with van der Waals surface area (Å²) in [6.45, 7) is 2.56. The number of ether oxygens (including phenoxy) is 1. The highest BCUT2D eigenvalue weighted by atomic mass is 16.5. The van der Waals surface area contributed by atoms with Crippen LogP contribution in [0.25, 0.3) is 0 Å². The lowest BCUT2D eigenvalue weighted by Gasteiger charge is -2.23. The van der Waals surface area contributed by atoms with Crippen molar-refractivity contribution in [1.82, 2.24) is 9.88 Å². The van der Waals surface area contributed by atoms with Gasteiger partial charge in [-0.25, -0.2) is 0 Å². The molecule has 2 aromatic rings. The Hall–Kier alpha value is -2.40. The molecule has 22 heavy (non-hydrogen) atoms. The Morgan fingerprint density at radius 3 is 2.55 bits per heavy atom. The first-order valence-corrected chi connectivity index (χ1v) is 7.22. The molecule has 1 aromatic heterocycles. The molecule has 1 atom stereocenters. The fraction of sp³-hybridized carbons (Fsp3) is 0.294. The number of nitrogens with one attached hydrogen (secondary N) is 1. The standard InChI is InChI=1S/C17H21N3O2/c1-4-22-15-9-7-14(8-10-15)19-17(21)16(20(2)3)13-6-5-11-18-12-13/h5-12,16H,4H2,1-3H3,(H,19,21). The van der Waals surface area contributed by atoms with Crippen molar-refractivity contribution in [3.8, 4) is 5.75 Å². The maximum Gasteiger partial charge on any atom is 0.246 e. The zero-order chi connectivity index (χ0) is 15.9. The van der Waals surface area contributed by atoms with Crippen LogP contribution in [0.2, 0.25) is 0 Å². The summed E-state index contributed by atoms with van der Waals surface area (Å²) in [7, 11) is 3.74. The van der Waals surface area contributed by atoms with E-state index in [2.05, 4.69) is 10.3 Å². The van der Waals surface area contributed by atoms with E-state index in [0.29, 0.717) is 6.61 Å². The van der Waals surface area contributed by atoms with Crippen LogP contribution in [0.1, 0.15) is 18.5 Å². The maximum atomic E-state index is 12.6. The monoisotopic (exact) mass is 299 g/mol. The molecule has 0 saturated carbocycles. The van der Waals surface area contributed by atoms with Crippen molar-refractivity contribution in [3.63, 3.8) is 0 Å². The third kappa shape index (κ3) is 4.05. The second kappa shape index (κ2) is 7.56. The Balaban J connectivity index is 2.11. The van der Waals surface area contributed by atoms with Gasteiger partial charge in [0.15, 0.2) is 0 Å². The van der Waals surface area contributed by atoms with E-state index < -0.39 is 0 Å². The van der Waals surface area contributed by atoms with Gasteiger partial charge >= 0.3 is 0 Å². The van der Waals surface area contributed by atoms with Crippen molar-refractivity contribution in [2.24, 2.45) is 0 Å². The first kappa shape index (κ1) is 16.0. The van der Waals surface area contributed by atoms with Gasteiger partial charge in [-0.1, -0.05) is 6.07 Å². The van der Waals surface area contributed by atoms with E-state index in [1.807, 2.05) is 62.3 Å². The Morgan fingerprint density at radius 2 is 2.00 bits per heavy atom. The molecule has 0 aliphatic heterocycles. The SMILES string of the molecule is CCOc1ccc(NC(=O)C(c2cccnc2)N(C)C)cc1. The van der Waals surface area contributed by atoms with Gasteiger partial charge in [-0.05, 0) is 56.9 Å². The van der Waals surface area contributed by atoms with Crippen molar-refractivity contribution in [1.29, 1.82) is 0 Å². The summed E-state index contributed by atoms with van der Waals surface area (Å²) in [6.07, 6.45) is 3.41. The van der Waals surface area contributed by atoms with Gasteiger partial charge in [0.1, 0.15) is 11.8 Å². The average Bonchev–Trinajstić information content (AvgIpc) is 2.50. The van der Waals surface area contributed by atoms with E-state index in [0.717, 1.165) is 17.0 Å². The lowest BCUT2D eigenvalue weighted by molar-refractivity contribution is -0.120. The van der Waals surface area contributed by atoms with Crippen molar-refractivity contribution in [2.75, 3.05) is 26.0 Å². The summed E-state index contributed by atoms with van der Waals surface area (Å²) in [5.74, 6) is 0.694. The van der Waals surface area contributed by atoms with Crippen molar-refractivity contribution in [2.45, 2.75) is 13.0 Å². The molecule has 0 radical (unpaired) electrons. The Labute approximate surface area is 130 Å². The number of hydrogen-bond donors (Lipinski definition) is 1. The van der Waals surface area contributed by atoms with Gasteiger partial charge in [-0.2, -0.15) is 0 Å². The molecule has 5 nitrogen and oxygen atoms in total. The molecule has 0 fully saturated rings. The summed E-state index contributed by atoms with van der Waals surface area (Å²) >= 11 is 0. The highest BCUT2D eigenvalue weighted by Crippen LogP contribution is 2.21. The van der Waals surface area contributed by atoms with E-state index in [-0.39, 0.29) is 11.9 Å². The minimum atomic E-state index is -0.389. The molecule has 0 aliphatic carbocycles. The number of pyridine rings is 1. The van der Waals surface area contributed by atoms with Crippen LogP contribution in [0.5, 0.6) is 5.75 Å². The van der Waals surface area contributed by atoms with Gasteiger partial charge in [0.2, 0.25) is 5.91 Å². The average molecular weight is 299 g/mol. The predicted octanol–water partition coefficient (Wildman–Crippen LogP) is 2.72. The van der Waals surface area contributed by atoms with Crippen LogP contribution in [0.4, 0.5) is 5.69 Å². The molecule has 0 aliphatic rings. The number of amides is 1. The van der Waals surface area contributed by atoms with Gasteiger partial charge in [0, 0.05) is 18.1 Å². The third-order valence-electron chi connectivity index (χ3n) is 3.20. The molecule has 0 bridgehead atoms. The molecule has 5 heteroatoms. The molecule has 2 rings (SSSR count). The lowest BCUT2D eigenvalue weighted by atomic mass is 10.1. The van der Waals surface area contributed by atoms with Crippen molar-refractivity contribution in [3.05, 3.63) is 54.4 Å². The number of anilines is 1. The lowest BCUT2D eigenvalue weighted by Crippen LogP contribution is -2.32. The number of carbonyl (C=O) groups excluding carboxylic acids is 1. The molecule has 1 unspecified atom stereocenters. The second-order valence-corrected chi connectivity index (χ2v) is 5.10. The Bertz CT molecular complexity index is 597. The first-order chi connectivity index (χ1) is 10.6. The largest absolute Gasteiger partial charge is 0.494 e. The van der Waals surface area contributed by atoms with Gasteiger partial charge in [-0.3, -0.25) is 14.7 Å². The molecular formula is C17H21N3O2. The molecule has 1 amide bonds. The fourth-order valence-corrected chi connectivity index (χ4v) is 2.23. The number of likely N-dealkylation sites (N-methyl/N-ethyl adjacent to an activating group) is 1. The highest BCUT2D eigenvalue weighted by molar-refractivity contribution is 5.95. The van der Waals surface area contributed by atoms with E-state index in [4.69, 9.17) is 4.74 Å². The van der Waals surface area contributed by atoms with Gasteiger partial charge in [0.05, 0.1) is 6.61 Å². The smallest absolute Gasteiger partial charge is 0.246 e. The summed E-state index contributed by atoms with van der Waals surface area (Å²) in [4.78, 5) is 18.5. The van der Waals surface area contributed by atoms with Crippen LogP contribution in [0.15, 0.2) is 48.8 Å². The minimum Gasteiger partial charge on any atom is -0.494 e. The van der Waals surface area contributed by atoms with Gasteiger partial charge in [-0.15, -0.1) is 0 Å². The molecular weight excluding hydrogens is 278 g/mol. The molecule has 1 N–H and O–H groups in total. The Morgan fingerprint density at radius 1 is 1.27 bits per heavy atom. The zero-order valence-corrected chi connectivity index (χ0v) is 13.1. The zero-order valence-electron chi connectivity index (χ0n) is 13.1. The van der Waals surface area contributed by atoms with Crippen LogP contribution in [0.3, 0.4) is 0 Å². The minimum absolute atomic E-state index is 0.0952. The van der Waals surface area contributed by atoms with Crippen LogP contribution in [-0.2, 0) is 4.79 Å². The first-order valence-electron chi connectivity index (χ1n) is 7.22. The number of carbonyl (C=O) groups is 1. The Kier molecular flexibility index (Phi) is 5.49. The topological polar surface area (TPSA) is 54.5 Å². The van der Waals surface area contributed by atoms with Crippen molar-refractivity contribution < 1.29 is 9.53 Å². The van der Waals surface area contributed by atoms with Crippen molar-refractivity contribution >= 4 is 11.6 Å². The van der Waals surface area contributed by atoms with Gasteiger partial charge < -0.3 is 10.1 Å². The van der Waals surface area contributed by atoms with E-state index in [1.165, 1.54) is 0 Å². The number of nitrogens with zero attached hydrogens (tertiary/aromatic N) is 2. The summed E-state index contributed by atoms with van der Waals surface area (Å²) in [6, 6.07) is 10.7. The van der Waals surface area contributed by atoms with E-state index in [1.54, 1.807) is 12.4 Å². The van der Waals surface area contributed by atoms with Crippen LogP contribution < -0.4 is 10.1 Å². The molecule has 1 aromatic carbocycles. The summed E-state index contributed by atoms with van der Waals surface area (Å²) in [5, 5.41) is 2.93.